The topological polar surface area (TPSA) is 58.8 Å². The Balaban J connectivity index is 1.55. The molecule has 0 aliphatic carbocycles. The highest BCUT2D eigenvalue weighted by atomic mass is 16.5. The zero-order valence-corrected chi connectivity index (χ0v) is 15.8. The molecule has 1 aliphatic rings. The van der Waals surface area contributed by atoms with Crippen LogP contribution in [0, 0.1) is 0 Å². The van der Waals surface area contributed by atoms with E-state index in [0.29, 0.717) is 13.2 Å². The third-order valence-corrected chi connectivity index (χ3v) is 5.00. The van der Waals surface area contributed by atoms with Crippen molar-refractivity contribution in [3.8, 4) is 5.75 Å². The first-order valence-corrected chi connectivity index (χ1v) is 9.78. The van der Waals surface area contributed by atoms with Crippen LogP contribution in [-0.4, -0.2) is 37.1 Å². The molecule has 2 aromatic carbocycles. The van der Waals surface area contributed by atoms with Crippen molar-refractivity contribution >= 4 is 11.7 Å². The Morgan fingerprint density at radius 1 is 0.963 bits per heavy atom. The number of benzene rings is 2. The van der Waals surface area contributed by atoms with E-state index in [1.54, 1.807) is 4.90 Å². The lowest BCUT2D eigenvalue weighted by molar-refractivity contribution is 0.250. The monoisotopic (exact) mass is 367 g/mol. The lowest BCUT2D eigenvalue weighted by Crippen LogP contribution is -2.41. The van der Waals surface area contributed by atoms with Crippen molar-refractivity contribution in [2.75, 3.05) is 31.1 Å². The summed E-state index contributed by atoms with van der Waals surface area (Å²) in [7, 11) is 0. The van der Waals surface area contributed by atoms with Crippen molar-refractivity contribution in [3.63, 3.8) is 0 Å². The Kier molecular flexibility index (Phi) is 7.11. The van der Waals surface area contributed by atoms with Gasteiger partial charge in [0.2, 0.25) is 0 Å². The van der Waals surface area contributed by atoms with Gasteiger partial charge in [-0.15, -0.1) is 0 Å². The van der Waals surface area contributed by atoms with Crippen molar-refractivity contribution < 1.29 is 9.53 Å². The van der Waals surface area contributed by atoms with Gasteiger partial charge in [-0.05, 0) is 55.8 Å². The van der Waals surface area contributed by atoms with E-state index in [1.807, 2.05) is 54.6 Å². The Hall–Kier alpha value is -2.53. The molecule has 1 fully saturated rings. The summed E-state index contributed by atoms with van der Waals surface area (Å²) in [6.45, 7) is 4.21. The van der Waals surface area contributed by atoms with E-state index < -0.39 is 6.03 Å². The smallest absolute Gasteiger partial charge is 0.319 e. The number of hydrogen-bond acceptors (Lipinski definition) is 3. The number of urea groups is 1. The molecule has 2 amide bonds. The van der Waals surface area contributed by atoms with E-state index in [2.05, 4.69) is 4.90 Å². The minimum Gasteiger partial charge on any atom is -0.489 e. The highest BCUT2D eigenvalue weighted by Crippen LogP contribution is 2.20. The molecule has 3 rings (SSSR count). The number of hydrogen-bond donors (Lipinski definition) is 1. The molecule has 5 nitrogen and oxygen atoms in total. The van der Waals surface area contributed by atoms with Gasteiger partial charge in [-0.1, -0.05) is 43.2 Å². The Labute approximate surface area is 161 Å². The summed E-state index contributed by atoms with van der Waals surface area (Å²) in [4.78, 5) is 16.0. The molecule has 0 bridgehead atoms. The summed E-state index contributed by atoms with van der Waals surface area (Å²) in [5, 5.41) is 0. The van der Waals surface area contributed by atoms with Crippen LogP contribution >= 0.6 is 0 Å². The minimum atomic E-state index is -0.414. The van der Waals surface area contributed by atoms with E-state index in [1.165, 1.54) is 25.7 Å². The molecule has 1 aliphatic heterocycles. The second-order valence-corrected chi connectivity index (χ2v) is 7.01. The number of carbonyl (C=O) groups excluding carboxylic acids is 1. The van der Waals surface area contributed by atoms with Crippen LogP contribution in [0.5, 0.6) is 5.75 Å². The zero-order chi connectivity index (χ0) is 18.9. The van der Waals surface area contributed by atoms with Gasteiger partial charge in [0.1, 0.15) is 12.4 Å². The van der Waals surface area contributed by atoms with E-state index in [-0.39, 0.29) is 0 Å². The van der Waals surface area contributed by atoms with Crippen LogP contribution in [-0.2, 0) is 6.61 Å². The van der Waals surface area contributed by atoms with Gasteiger partial charge in [0.25, 0.3) is 0 Å². The maximum absolute atomic E-state index is 11.9. The number of amides is 2. The Bertz CT molecular complexity index is 695. The molecule has 0 unspecified atom stereocenters. The number of anilines is 1. The number of nitrogens with zero attached hydrogens (tertiary/aromatic N) is 2. The molecule has 1 saturated heterocycles. The van der Waals surface area contributed by atoms with Crippen LogP contribution < -0.4 is 15.4 Å². The first-order chi connectivity index (χ1) is 13.2. The first-order valence-electron chi connectivity index (χ1n) is 9.78. The van der Waals surface area contributed by atoms with Gasteiger partial charge in [-0.2, -0.15) is 0 Å². The molecule has 2 aromatic rings. The quantitative estimate of drug-likeness (QED) is 0.804. The van der Waals surface area contributed by atoms with Crippen LogP contribution in [0.3, 0.4) is 0 Å². The lowest BCUT2D eigenvalue weighted by Gasteiger charge is -2.26. The third-order valence-electron chi connectivity index (χ3n) is 5.00. The average molecular weight is 367 g/mol. The van der Waals surface area contributed by atoms with Crippen molar-refractivity contribution in [1.29, 1.82) is 0 Å². The average Bonchev–Trinajstić information content (AvgIpc) is 2.97. The Morgan fingerprint density at radius 2 is 1.63 bits per heavy atom. The minimum absolute atomic E-state index is 0.414. The molecule has 0 atom stereocenters. The molecule has 1 heterocycles. The van der Waals surface area contributed by atoms with Crippen molar-refractivity contribution in [3.05, 3.63) is 60.2 Å². The van der Waals surface area contributed by atoms with Gasteiger partial charge in [0, 0.05) is 18.8 Å². The van der Waals surface area contributed by atoms with Gasteiger partial charge < -0.3 is 15.4 Å². The predicted octanol–water partition coefficient (Wildman–Crippen LogP) is 4.03. The largest absolute Gasteiger partial charge is 0.489 e. The van der Waals surface area contributed by atoms with E-state index in [0.717, 1.165) is 36.6 Å². The van der Waals surface area contributed by atoms with Crippen molar-refractivity contribution in [2.24, 2.45) is 5.73 Å². The highest BCUT2D eigenvalue weighted by Gasteiger charge is 2.15. The van der Waals surface area contributed by atoms with Crippen LogP contribution in [0.1, 0.15) is 31.2 Å². The third kappa shape index (κ3) is 6.00. The molecule has 0 saturated carbocycles. The molecular weight excluding hydrogens is 338 g/mol. The van der Waals surface area contributed by atoms with Gasteiger partial charge >= 0.3 is 6.03 Å². The molecule has 0 spiro atoms. The lowest BCUT2D eigenvalue weighted by atomic mass is 10.2. The van der Waals surface area contributed by atoms with Crippen LogP contribution in [0.15, 0.2) is 54.6 Å². The second-order valence-electron chi connectivity index (χ2n) is 7.01. The highest BCUT2D eigenvalue weighted by molar-refractivity contribution is 5.90. The fourth-order valence-electron chi connectivity index (χ4n) is 3.43. The van der Waals surface area contributed by atoms with Gasteiger partial charge in [0.05, 0.1) is 0 Å². The molecule has 144 valence electrons. The number of ether oxygens (including phenoxy) is 1. The maximum Gasteiger partial charge on any atom is 0.319 e. The summed E-state index contributed by atoms with van der Waals surface area (Å²) in [5.41, 5.74) is 7.56. The summed E-state index contributed by atoms with van der Waals surface area (Å²) < 4.78 is 5.81. The maximum atomic E-state index is 11.9. The van der Waals surface area contributed by atoms with Crippen LogP contribution in [0.4, 0.5) is 10.5 Å². The number of carbonyl (C=O) groups is 1. The zero-order valence-electron chi connectivity index (χ0n) is 15.8. The van der Waals surface area contributed by atoms with Gasteiger partial charge in [-0.25, -0.2) is 4.79 Å². The molecule has 2 N–H and O–H groups in total. The van der Waals surface area contributed by atoms with E-state index in [9.17, 15) is 4.79 Å². The summed E-state index contributed by atoms with van der Waals surface area (Å²) >= 11 is 0. The van der Waals surface area contributed by atoms with Gasteiger partial charge in [0.15, 0.2) is 0 Å². The van der Waals surface area contributed by atoms with Gasteiger partial charge in [-0.3, -0.25) is 4.90 Å². The fourth-order valence-corrected chi connectivity index (χ4v) is 3.43. The normalized spacial score (nSPS) is 15.1. The SMILES string of the molecule is NC(=O)N(CCN1CCCCCC1)c1ccc(OCc2ccccc2)cc1. The number of rotatable bonds is 7. The van der Waals surface area contributed by atoms with Crippen molar-refractivity contribution in [1.82, 2.24) is 4.90 Å². The fraction of sp³-hybridized carbons (Fsp3) is 0.409. The van der Waals surface area contributed by atoms with E-state index in [4.69, 9.17) is 10.5 Å². The molecule has 0 aromatic heterocycles. The van der Waals surface area contributed by atoms with Crippen LogP contribution in [0.2, 0.25) is 0 Å². The number of nitrogens with two attached hydrogens (primary N) is 1. The second kappa shape index (κ2) is 9.97. The van der Waals surface area contributed by atoms with Crippen LogP contribution in [0.25, 0.3) is 0 Å². The van der Waals surface area contributed by atoms with E-state index >= 15 is 0 Å². The Morgan fingerprint density at radius 3 is 2.26 bits per heavy atom. The molecule has 0 radical (unpaired) electrons. The standard InChI is InChI=1S/C22H29N3O2/c23-22(26)25(17-16-24-14-6-1-2-7-15-24)20-10-12-21(13-11-20)27-18-19-8-4-3-5-9-19/h3-5,8-13H,1-2,6-7,14-18H2,(H2,23,26). The summed E-state index contributed by atoms with van der Waals surface area (Å²) in [6, 6.07) is 17.2. The number of primary amides is 1. The molecule has 5 heteroatoms. The molecule has 27 heavy (non-hydrogen) atoms. The summed E-state index contributed by atoms with van der Waals surface area (Å²) in [5.74, 6) is 0.777. The summed E-state index contributed by atoms with van der Waals surface area (Å²) in [6.07, 6.45) is 5.09. The van der Waals surface area contributed by atoms with Crippen molar-refractivity contribution in [2.45, 2.75) is 32.3 Å². The first kappa shape index (κ1) is 19.2. The molecular formula is C22H29N3O2. The number of likely N-dealkylation sites (tertiary alicyclic amines) is 1. The predicted molar refractivity (Wildman–Crippen MR) is 109 cm³/mol.